The maximum Gasteiger partial charge on any atom is 0.244 e. The van der Waals surface area contributed by atoms with Gasteiger partial charge in [-0.1, -0.05) is 11.6 Å². The van der Waals surface area contributed by atoms with E-state index in [1.807, 2.05) is 19.1 Å². The molecule has 1 fully saturated rings. The summed E-state index contributed by atoms with van der Waals surface area (Å²) in [5.41, 5.74) is 1.84. The lowest BCUT2D eigenvalue weighted by atomic mass is 10.2. The predicted molar refractivity (Wildman–Crippen MR) is 90.0 cm³/mol. The summed E-state index contributed by atoms with van der Waals surface area (Å²) in [6.45, 7) is 1.94. The van der Waals surface area contributed by atoms with E-state index in [4.69, 9.17) is 11.6 Å². The van der Waals surface area contributed by atoms with E-state index >= 15 is 0 Å². The van der Waals surface area contributed by atoms with Crippen LogP contribution in [0, 0.1) is 6.92 Å². The molecule has 2 heterocycles. The van der Waals surface area contributed by atoms with Crippen LogP contribution in [0.4, 0.5) is 17.5 Å². The Morgan fingerprint density at radius 2 is 2.17 bits per heavy atom. The molecule has 1 unspecified atom stereocenters. The number of rotatable bonds is 4. The number of nitrogens with zero attached hydrogens (tertiary/aromatic N) is 3. The summed E-state index contributed by atoms with van der Waals surface area (Å²) in [5, 5.41) is 14.6. The summed E-state index contributed by atoms with van der Waals surface area (Å²) in [4.78, 5) is 4.32. The molecule has 1 aliphatic heterocycles. The molecule has 1 aromatic heterocycles. The predicted octanol–water partition coefficient (Wildman–Crippen LogP) is 2.18. The van der Waals surface area contributed by atoms with E-state index < -0.39 is 9.84 Å². The van der Waals surface area contributed by atoms with Crippen molar-refractivity contribution in [2.75, 3.05) is 22.1 Å². The molecule has 0 amide bonds. The van der Waals surface area contributed by atoms with Crippen LogP contribution in [-0.2, 0) is 9.84 Å². The van der Waals surface area contributed by atoms with Crippen molar-refractivity contribution in [3.63, 3.8) is 0 Å². The Morgan fingerprint density at radius 1 is 1.35 bits per heavy atom. The van der Waals surface area contributed by atoms with Crippen molar-refractivity contribution in [1.29, 1.82) is 0 Å². The van der Waals surface area contributed by atoms with Crippen LogP contribution in [0.1, 0.15) is 12.0 Å². The fourth-order valence-corrected chi connectivity index (χ4v) is 4.32. The molecule has 0 aliphatic carbocycles. The molecule has 7 nitrogen and oxygen atoms in total. The average Bonchev–Trinajstić information content (AvgIpc) is 2.81. The van der Waals surface area contributed by atoms with Gasteiger partial charge in [-0.2, -0.15) is 10.1 Å². The van der Waals surface area contributed by atoms with Gasteiger partial charge >= 0.3 is 0 Å². The topological polar surface area (TPSA) is 96.9 Å². The average molecular weight is 354 g/mol. The maximum absolute atomic E-state index is 11.5. The van der Waals surface area contributed by atoms with Gasteiger partial charge in [-0.25, -0.2) is 8.42 Å². The molecule has 1 aromatic carbocycles. The van der Waals surface area contributed by atoms with Crippen molar-refractivity contribution in [1.82, 2.24) is 15.2 Å². The van der Waals surface area contributed by atoms with Gasteiger partial charge in [0.05, 0.1) is 17.7 Å². The zero-order valence-electron chi connectivity index (χ0n) is 12.5. The fourth-order valence-electron chi connectivity index (χ4n) is 2.42. The molecule has 9 heteroatoms. The Bertz CT molecular complexity index is 828. The van der Waals surface area contributed by atoms with E-state index in [0.29, 0.717) is 23.2 Å². The van der Waals surface area contributed by atoms with Crippen molar-refractivity contribution >= 4 is 38.9 Å². The van der Waals surface area contributed by atoms with Crippen LogP contribution in [0.25, 0.3) is 0 Å². The van der Waals surface area contributed by atoms with Gasteiger partial charge in [-0.15, -0.1) is 5.10 Å². The van der Waals surface area contributed by atoms with E-state index in [2.05, 4.69) is 25.8 Å². The Balaban J connectivity index is 1.72. The number of sulfone groups is 1. The van der Waals surface area contributed by atoms with E-state index in [9.17, 15) is 8.42 Å². The normalized spacial score (nSPS) is 19.5. The van der Waals surface area contributed by atoms with Crippen molar-refractivity contribution < 1.29 is 8.42 Å². The molecule has 1 aliphatic rings. The van der Waals surface area contributed by atoms with Crippen molar-refractivity contribution in [3.05, 3.63) is 35.0 Å². The number of aryl methyl sites for hydroxylation is 1. The molecule has 2 N–H and O–H groups in total. The van der Waals surface area contributed by atoms with Crippen molar-refractivity contribution in [3.8, 4) is 0 Å². The van der Waals surface area contributed by atoms with Gasteiger partial charge in [-0.05, 0) is 37.1 Å². The summed E-state index contributed by atoms with van der Waals surface area (Å²) < 4.78 is 23.0. The number of aromatic nitrogens is 3. The minimum absolute atomic E-state index is 0.101. The molecule has 2 aromatic rings. The van der Waals surface area contributed by atoms with Gasteiger partial charge in [0.25, 0.3) is 0 Å². The molecule has 0 bridgehead atoms. The minimum Gasteiger partial charge on any atom is -0.349 e. The van der Waals surface area contributed by atoms with Crippen LogP contribution in [0.5, 0.6) is 0 Å². The second kappa shape index (κ2) is 6.29. The van der Waals surface area contributed by atoms with Crippen LogP contribution < -0.4 is 10.6 Å². The Labute approximate surface area is 139 Å². The first-order valence-electron chi connectivity index (χ1n) is 7.11. The second-order valence-corrected chi connectivity index (χ2v) is 8.16. The fraction of sp³-hybridized carbons (Fsp3) is 0.357. The lowest BCUT2D eigenvalue weighted by molar-refractivity contribution is 0.602. The first-order chi connectivity index (χ1) is 10.9. The molecule has 1 saturated heterocycles. The first-order valence-corrected chi connectivity index (χ1v) is 9.31. The summed E-state index contributed by atoms with van der Waals surface area (Å²) in [6, 6.07) is 5.32. The molecule has 23 heavy (non-hydrogen) atoms. The largest absolute Gasteiger partial charge is 0.349 e. The number of anilines is 3. The van der Waals surface area contributed by atoms with Crippen molar-refractivity contribution in [2.45, 2.75) is 19.4 Å². The molecule has 3 rings (SSSR count). The number of hydrogen-bond acceptors (Lipinski definition) is 7. The summed E-state index contributed by atoms with van der Waals surface area (Å²) in [5.74, 6) is 1.13. The third-order valence-corrected chi connectivity index (χ3v) is 5.58. The Hall–Kier alpha value is -1.93. The number of benzene rings is 1. The Kier molecular flexibility index (Phi) is 4.36. The highest BCUT2D eigenvalue weighted by Crippen LogP contribution is 2.23. The third-order valence-electron chi connectivity index (χ3n) is 3.58. The van der Waals surface area contributed by atoms with Crippen LogP contribution in [0.3, 0.4) is 0 Å². The summed E-state index contributed by atoms with van der Waals surface area (Å²) >= 11 is 5.94. The molecular formula is C14H16ClN5O2S. The first kappa shape index (κ1) is 15.9. The highest BCUT2D eigenvalue weighted by atomic mass is 35.5. The van der Waals surface area contributed by atoms with Gasteiger partial charge < -0.3 is 10.6 Å². The molecule has 0 saturated carbocycles. The zero-order valence-corrected chi connectivity index (χ0v) is 14.0. The smallest absolute Gasteiger partial charge is 0.244 e. The number of hydrogen-bond donors (Lipinski definition) is 2. The molecule has 0 radical (unpaired) electrons. The molecular weight excluding hydrogens is 338 g/mol. The lowest BCUT2D eigenvalue weighted by Gasteiger charge is -2.12. The maximum atomic E-state index is 11.5. The number of nitrogens with one attached hydrogen (secondary N) is 2. The molecule has 1 atom stereocenters. The van der Waals surface area contributed by atoms with E-state index in [0.717, 1.165) is 11.3 Å². The second-order valence-electron chi connectivity index (χ2n) is 5.49. The standard InChI is InChI=1S/C14H16ClN5O2S/c1-9-6-10(15)2-3-12(9)18-13-7-16-20-14(19-13)17-11-4-5-23(21,22)8-11/h2-3,6-7,11H,4-5,8H2,1H3,(H2,17,18,19,20). The van der Waals surface area contributed by atoms with Gasteiger partial charge in [0.1, 0.15) is 0 Å². The lowest BCUT2D eigenvalue weighted by Crippen LogP contribution is -2.22. The Morgan fingerprint density at radius 3 is 2.87 bits per heavy atom. The van der Waals surface area contributed by atoms with Gasteiger partial charge in [0, 0.05) is 16.8 Å². The zero-order chi connectivity index (χ0) is 16.4. The van der Waals surface area contributed by atoms with Gasteiger partial charge in [0.15, 0.2) is 15.7 Å². The highest BCUT2D eigenvalue weighted by molar-refractivity contribution is 7.91. The summed E-state index contributed by atoms with van der Waals surface area (Å²) in [7, 11) is -2.95. The highest BCUT2D eigenvalue weighted by Gasteiger charge is 2.28. The van der Waals surface area contributed by atoms with Crippen LogP contribution in [0.15, 0.2) is 24.4 Å². The SMILES string of the molecule is Cc1cc(Cl)ccc1Nc1cnnc(NC2CCS(=O)(=O)C2)n1. The summed E-state index contributed by atoms with van der Waals surface area (Å²) in [6.07, 6.45) is 2.06. The molecule has 0 spiro atoms. The van der Waals surface area contributed by atoms with E-state index in [1.165, 1.54) is 6.20 Å². The monoisotopic (exact) mass is 353 g/mol. The van der Waals surface area contributed by atoms with E-state index in [1.54, 1.807) is 6.07 Å². The molecule has 122 valence electrons. The number of halogens is 1. The van der Waals surface area contributed by atoms with Crippen LogP contribution in [0.2, 0.25) is 5.02 Å². The van der Waals surface area contributed by atoms with Crippen LogP contribution in [-0.4, -0.2) is 41.1 Å². The quantitative estimate of drug-likeness (QED) is 0.869. The van der Waals surface area contributed by atoms with Crippen molar-refractivity contribution in [2.24, 2.45) is 0 Å². The van der Waals surface area contributed by atoms with Crippen LogP contribution >= 0.6 is 11.6 Å². The van der Waals surface area contributed by atoms with Gasteiger partial charge in [0.2, 0.25) is 5.95 Å². The third kappa shape index (κ3) is 4.08. The minimum atomic E-state index is -2.95. The van der Waals surface area contributed by atoms with Gasteiger partial charge in [-0.3, -0.25) is 0 Å². The van der Waals surface area contributed by atoms with E-state index in [-0.39, 0.29) is 17.5 Å².